The molecule has 4 aliphatic heterocycles. The third-order valence-electron chi connectivity index (χ3n) is 7.64. The third-order valence-corrected chi connectivity index (χ3v) is 7.64. The maximum atomic E-state index is 8.49. The molecule has 8 rings (SSSR count). The Hall–Kier alpha value is -4.61. The molecule has 303 valence electrons. The van der Waals surface area contributed by atoms with Crippen LogP contribution in [0, 0.1) is 34.3 Å². The van der Waals surface area contributed by atoms with Crippen molar-refractivity contribution in [3.63, 3.8) is 0 Å². The van der Waals surface area contributed by atoms with Crippen molar-refractivity contribution in [2.75, 3.05) is 52.6 Å². The Labute approximate surface area is 341 Å². The first-order chi connectivity index (χ1) is 26.6. The van der Waals surface area contributed by atoms with Crippen LogP contribution in [-0.2, 0) is 35.7 Å². The SMILES string of the molecule is Cc1ccc(-c2cc(C3=NCCO3)nc(C3=NCCO3)c2)cc1.Cc1ccc(-c2cc(C3=NCCO3)nc(C3=NCCO3)c2)cc1.[Co+2].[O-][Cl+3]([O-])([O-])[O-].[O-][Cl+3]([O-])([O-])[O-]. The van der Waals surface area contributed by atoms with E-state index in [1.165, 1.54) is 11.1 Å². The number of aromatic nitrogens is 2. The predicted molar refractivity (Wildman–Crippen MR) is 178 cm³/mol. The van der Waals surface area contributed by atoms with Crippen molar-refractivity contribution in [3.05, 3.63) is 107 Å². The van der Waals surface area contributed by atoms with Gasteiger partial charge in [0.05, 0.1) is 26.2 Å². The summed E-state index contributed by atoms with van der Waals surface area (Å²) < 4.78 is 90.2. The first-order valence-electron chi connectivity index (χ1n) is 16.7. The fourth-order valence-electron chi connectivity index (χ4n) is 5.29. The molecule has 0 amide bonds. The number of hydrogen-bond donors (Lipinski definition) is 0. The summed E-state index contributed by atoms with van der Waals surface area (Å²) >= 11 is 0. The summed E-state index contributed by atoms with van der Waals surface area (Å²) in [7, 11) is -9.89. The van der Waals surface area contributed by atoms with Crippen molar-refractivity contribution in [2.24, 2.45) is 20.0 Å². The normalized spacial score (nSPS) is 15.5. The van der Waals surface area contributed by atoms with E-state index in [0.29, 0.717) is 76.2 Å². The van der Waals surface area contributed by atoms with E-state index in [2.05, 4.69) is 92.3 Å². The molecular formula is C36H34Cl2CoN6O12. The smallest absolute Gasteiger partial charge is 0.474 e. The molecule has 6 heterocycles. The van der Waals surface area contributed by atoms with Crippen LogP contribution in [0.25, 0.3) is 22.3 Å². The number of rotatable bonds is 6. The van der Waals surface area contributed by atoms with E-state index in [1.807, 2.05) is 24.3 Å². The molecule has 0 saturated carbocycles. The van der Waals surface area contributed by atoms with Crippen LogP contribution < -0.4 is 37.3 Å². The van der Waals surface area contributed by atoms with E-state index in [9.17, 15) is 0 Å². The van der Waals surface area contributed by atoms with Gasteiger partial charge in [0.1, 0.15) is 49.2 Å². The van der Waals surface area contributed by atoms with E-state index < -0.39 is 20.5 Å². The standard InChI is InChI=1S/2C18H17N3O2.2ClHO4.Co/c2*1-12-2-4-13(5-3-12)14-10-15(17-19-6-8-22-17)21-16(11-14)18-20-7-9-23-18;2*2-1(3,4)5;/h2*2-5,10-11H,6-9H2,1H3;2*(H,2,3,4,5);/q;;;;+2/p-2. The van der Waals surface area contributed by atoms with Crippen LogP contribution in [0.15, 0.2) is 92.8 Å². The van der Waals surface area contributed by atoms with Gasteiger partial charge in [-0.3, -0.25) is 0 Å². The van der Waals surface area contributed by atoms with E-state index >= 15 is 0 Å². The average molecular weight is 873 g/mol. The van der Waals surface area contributed by atoms with Crippen molar-refractivity contribution in [3.8, 4) is 22.3 Å². The summed E-state index contributed by atoms with van der Waals surface area (Å²) in [6.07, 6.45) is 0. The van der Waals surface area contributed by atoms with Gasteiger partial charge in [-0.2, -0.15) is 0 Å². The molecule has 18 nitrogen and oxygen atoms in total. The molecule has 1 radical (unpaired) electrons. The molecule has 0 N–H and O–H groups in total. The molecule has 0 fully saturated rings. The van der Waals surface area contributed by atoms with Gasteiger partial charge in [0.25, 0.3) is 0 Å². The van der Waals surface area contributed by atoms with Crippen LogP contribution in [0.2, 0.25) is 0 Å². The molecule has 0 saturated heterocycles. The van der Waals surface area contributed by atoms with Gasteiger partial charge in [-0.25, -0.2) is 67.2 Å². The zero-order chi connectivity index (χ0) is 40.3. The minimum atomic E-state index is -4.94. The summed E-state index contributed by atoms with van der Waals surface area (Å²) in [5.74, 6) is 2.38. The van der Waals surface area contributed by atoms with Gasteiger partial charge in [-0.15, -0.1) is 20.5 Å². The molecule has 0 bridgehead atoms. The summed E-state index contributed by atoms with van der Waals surface area (Å²) in [5, 5.41) is 0. The zero-order valence-electron chi connectivity index (χ0n) is 30.3. The molecule has 0 atom stereocenters. The molecule has 4 aromatic rings. The molecule has 57 heavy (non-hydrogen) atoms. The average Bonchev–Trinajstić information content (AvgIpc) is 3.99. The van der Waals surface area contributed by atoms with Crippen LogP contribution in [0.4, 0.5) is 0 Å². The molecule has 0 unspecified atom stereocenters. The molecule has 4 aliphatic rings. The maximum Gasteiger partial charge on any atom is 2.00 e. The van der Waals surface area contributed by atoms with Crippen LogP contribution in [-0.4, -0.2) is 86.2 Å². The van der Waals surface area contributed by atoms with Crippen LogP contribution in [0.1, 0.15) is 33.9 Å². The monoisotopic (exact) mass is 871 g/mol. The van der Waals surface area contributed by atoms with Crippen molar-refractivity contribution >= 4 is 23.6 Å². The Bertz CT molecular complexity index is 1850. The molecule has 0 aliphatic carbocycles. The Balaban J connectivity index is 0.000000202. The van der Waals surface area contributed by atoms with Crippen LogP contribution >= 0.6 is 0 Å². The van der Waals surface area contributed by atoms with Gasteiger partial charge in [-0.05, 0) is 60.4 Å². The molecule has 2 aromatic heterocycles. The Morgan fingerprint density at radius 2 is 0.632 bits per heavy atom. The number of ether oxygens (including phenoxy) is 4. The van der Waals surface area contributed by atoms with E-state index in [-0.39, 0.29) is 16.8 Å². The topological polar surface area (TPSA) is 297 Å². The molecule has 2 aromatic carbocycles. The van der Waals surface area contributed by atoms with Crippen molar-refractivity contribution < 1.29 is 93.5 Å². The fourth-order valence-corrected chi connectivity index (χ4v) is 5.29. The second-order valence-electron chi connectivity index (χ2n) is 11.9. The second-order valence-corrected chi connectivity index (χ2v) is 13.4. The molecule has 21 heteroatoms. The minimum Gasteiger partial charge on any atom is -0.474 e. The first-order valence-corrected chi connectivity index (χ1v) is 19.2. The summed E-state index contributed by atoms with van der Waals surface area (Å²) in [6.45, 7) is 9.31. The zero-order valence-corrected chi connectivity index (χ0v) is 32.8. The number of nitrogens with zero attached hydrogens (tertiary/aromatic N) is 6. The number of hydrogen-bond acceptors (Lipinski definition) is 18. The van der Waals surface area contributed by atoms with E-state index in [0.717, 1.165) is 45.0 Å². The number of aryl methyl sites for hydroxylation is 2. The molecule has 0 spiro atoms. The third kappa shape index (κ3) is 15.0. The Morgan fingerprint density at radius 3 is 0.825 bits per heavy atom. The maximum absolute atomic E-state index is 8.49. The fraction of sp³-hybridized carbons (Fsp3) is 0.278. The van der Waals surface area contributed by atoms with Gasteiger partial charge < -0.3 is 18.9 Å². The van der Waals surface area contributed by atoms with Gasteiger partial charge in [-0.1, -0.05) is 59.7 Å². The van der Waals surface area contributed by atoms with Crippen LogP contribution in [0.5, 0.6) is 0 Å². The van der Waals surface area contributed by atoms with Gasteiger partial charge in [0.2, 0.25) is 23.6 Å². The predicted octanol–water partition coefficient (Wildman–Crippen LogP) is -4.29. The summed E-state index contributed by atoms with van der Waals surface area (Å²) in [6, 6.07) is 24.8. The quantitative estimate of drug-likeness (QED) is 0.177. The Kier molecular flexibility index (Phi) is 16.4. The summed E-state index contributed by atoms with van der Waals surface area (Å²) in [4.78, 5) is 26.8. The number of aliphatic imine (C=N–C) groups is 4. The van der Waals surface area contributed by atoms with Crippen molar-refractivity contribution in [2.45, 2.75) is 13.8 Å². The van der Waals surface area contributed by atoms with E-state index in [1.54, 1.807) is 0 Å². The van der Waals surface area contributed by atoms with Gasteiger partial charge in [0.15, 0.2) is 0 Å². The summed E-state index contributed by atoms with van der Waals surface area (Å²) in [5.41, 5.74) is 9.74. The molecular weight excluding hydrogens is 838 g/mol. The van der Waals surface area contributed by atoms with Gasteiger partial charge >= 0.3 is 16.8 Å². The van der Waals surface area contributed by atoms with Crippen LogP contribution in [0.3, 0.4) is 0 Å². The first kappa shape index (κ1) is 45.1. The van der Waals surface area contributed by atoms with Crippen molar-refractivity contribution in [1.29, 1.82) is 0 Å². The number of benzene rings is 2. The largest absolute Gasteiger partial charge is 2.00 e. The minimum absolute atomic E-state index is 0. The number of halogens is 2. The second kappa shape index (κ2) is 20.7. The number of pyridine rings is 2. The van der Waals surface area contributed by atoms with Gasteiger partial charge in [0, 0.05) is 0 Å². The van der Waals surface area contributed by atoms with Crippen molar-refractivity contribution in [1.82, 2.24) is 9.97 Å². The Morgan fingerprint density at radius 1 is 0.404 bits per heavy atom. The van der Waals surface area contributed by atoms with E-state index in [4.69, 9.17) is 56.2 Å².